The van der Waals surface area contributed by atoms with Crippen LogP contribution in [0.2, 0.25) is 0 Å². The maximum absolute atomic E-state index is 13.4. The third kappa shape index (κ3) is 1.66. The Morgan fingerprint density at radius 2 is 2.12 bits per heavy atom. The molecule has 0 bridgehead atoms. The van der Waals surface area contributed by atoms with Crippen LogP contribution >= 0.6 is 0 Å². The van der Waals surface area contributed by atoms with Crippen molar-refractivity contribution in [2.24, 2.45) is 0 Å². The Labute approximate surface area is 93.1 Å². The molecule has 0 aliphatic carbocycles. The van der Waals surface area contributed by atoms with E-state index in [9.17, 15) is 17.9 Å². The minimum Gasteiger partial charge on any atom is -0.393 e. The molecule has 2 rings (SSSR count). The summed E-state index contributed by atoms with van der Waals surface area (Å²) in [5.74, 6) is -0.554. The van der Waals surface area contributed by atoms with Gasteiger partial charge in [0.1, 0.15) is 5.82 Å². The highest BCUT2D eigenvalue weighted by Gasteiger charge is 2.31. The lowest BCUT2D eigenvalue weighted by Gasteiger charge is -2.05. The Kier molecular flexibility index (Phi) is 2.59. The highest BCUT2D eigenvalue weighted by Crippen LogP contribution is 2.36. The van der Waals surface area contributed by atoms with Gasteiger partial charge in [0.05, 0.1) is 15.9 Å². The SMILES string of the molecule is CC(O)CC1=Cc2c(F)cccc2S1(=O)=O. The molecule has 1 aliphatic heterocycles. The average molecular weight is 242 g/mol. The van der Waals surface area contributed by atoms with Crippen molar-refractivity contribution in [1.82, 2.24) is 0 Å². The number of hydrogen-bond acceptors (Lipinski definition) is 3. The van der Waals surface area contributed by atoms with Crippen molar-refractivity contribution < 1.29 is 17.9 Å². The summed E-state index contributed by atoms with van der Waals surface area (Å²) in [5.41, 5.74) is 0.0955. The largest absolute Gasteiger partial charge is 0.393 e. The molecule has 86 valence electrons. The predicted molar refractivity (Wildman–Crippen MR) is 57.9 cm³/mol. The van der Waals surface area contributed by atoms with Crippen LogP contribution in [0.4, 0.5) is 4.39 Å². The van der Waals surface area contributed by atoms with Gasteiger partial charge >= 0.3 is 0 Å². The molecule has 1 heterocycles. The van der Waals surface area contributed by atoms with Crippen molar-refractivity contribution in [3.05, 3.63) is 34.5 Å². The lowest BCUT2D eigenvalue weighted by Crippen LogP contribution is -2.07. The fourth-order valence-corrected chi connectivity index (χ4v) is 3.45. The number of rotatable bonds is 2. The van der Waals surface area contributed by atoms with Gasteiger partial charge < -0.3 is 5.11 Å². The fourth-order valence-electron chi connectivity index (χ4n) is 1.73. The summed E-state index contributed by atoms with van der Waals surface area (Å²) in [6.45, 7) is 1.50. The van der Waals surface area contributed by atoms with Gasteiger partial charge in [-0.25, -0.2) is 12.8 Å². The minimum absolute atomic E-state index is 0.0104. The van der Waals surface area contributed by atoms with Crippen LogP contribution in [-0.2, 0) is 9.84 Å². The minimum atomic E-state index is -3.60. The summed E-state index contributed by atoms with van der Waals surface area (Å²) >= 11 is 0. The van der Waals surface area contributed by atoms with Crippen LogP contribution in [0.1, 0.15) is 18.9 Å². The second-order valence-electron chi connectivity index (χ2n) is 3.82. The van der Waals surface area contributed by atoms with Gasteiger partial charge in [0.15, 0.2) is 0 Å². The van der Waals surface area contributed by atoms with Crippen molar-refractivity contribution in [3.63, 3.8) is 0 Å². The van der Waals surface area contributed by atoms with Gasteiger partial charge in [0.25, 0.3) is 0 Å². The molecule has 0 saturated heterocycles. The number of aliphatic hydroxyl groups excluding tert-OH is 1. The average Bonchev–Trinajstić information content (AvgIpc) is 2.41. The van der Waals surface area contributed by atoms with Gasteiger partial charge in [-0.1, -0.05) is 6.07 Å². The van der Waals surface area contributed by atoms with E-state index in [-0.39, 0.29) is 21.8 Å². The van der Waals surface area contributed by atoms with E-state index in [1.165, 1.54) is 31.2 Å². The Bertz CT molecular complexity index is 559. The van der Waals surface area contributed by atoms with Crippen LogP contribution in [0.3, 0.4) is 0 Å². The Morgan fingerprint density at radius 3 is 2.69 bits per heavy atom. The van der Waals surface area contributed by atoms with E-state index in [2.05, 4.69) is 0 Å². The predicted octanol–water partition coefficient (Wildman–Crippen LogP) is 1.72. The van der Waals surface area contributed by atoms with Crippen LogP contribution in [0.25, 0.3) is 6.08 Å². The Balaban J connectivity index is 2.57. The number of hydrogen-bond donors (Lipinski definition) is 1. The highest BCUT2D eigenvalue weighted by molar-refractivity contribution is 7.95. The van der Waals surface area contributed by atoms with Gasteiger partial charge in [-0.05, 0) is 25.1 Å². The summed E-state index contributed by atoms with van der Waals surface area (Å²) in [5, 5.41) is 9.19. The third-order valence-electron chi connectivity index (χ3n) is 2.45. The fraction of sp³-hybridized carbons (Fsp3) is 0.273. The normalized spacial score (nSPS) is 19.1. The number of fused-ring (bicyclic) bond motifs is 1. The smallest absolute Gasteiger partial charge is 0.203 e. The number of sulfone groups is 1. The molecule has 0 spiro atoms. The van der Waals surface area contributed by atoms with Gasteiger partial charge in [0.2, 0.25) is 9.84 Å². The van der Waals surface area contributed by atoms with Gasteiger partial charge in [-0.3, -0.25) is 0 Å². The van der Waals surface area contributed by atoms with E-state index >= 15 is 0 Å². The van der Waals surface area contributed by atoms with Crippen molar-refractivity contribution in [1.29, 1.82) is 0 Å². The second kappa shape index (κ2) is 3.68. The molecule has 5 heteroatoms. The van der Waals surface area contributed by atoms with Crippen molar-refractivity contribution in [2.45, 2.75) is 24.3 Å². The van der Waals surface area contributed by atoms with Crippen molar-refractivity contribution >= 4 is 15.9 Å². The molecule has 0 radical (unpaired) electrons. The first-order chi connectivity index (χ1) is 7.43. The number of aliphatic hydroxyl groups is 1. The summed E-state index contributed by atoms with van der Waals surface area (Å²) in [4.78, 5) is 0.0609. The lowest BCUT2D eigenvalue weighted by molar-refractivity contribution is 0.197. The first-order valence-corrected chi connectivity index (χ1v) is 6.33. The van der Waals surface area contributed by atoms with Crippen LogP contribution in [0.5, 0.6) is 0 Å². The maximum Gasteiger partial charge on any atom is 0.203 e. The molecular formula is C11H11FO3S. The standard InChI is InChI=1S/C11H11FO3S/c1-7(13)5-8-6-9-10(12)3-2-4-11(9)16(8,14)15/h2-4,6-7,13H,5H2,1H3. The summed E-state index contributed by atoms with van der Waals surface area (Å²) in [6.07, 6.45) is 0.543. The zero-order chi connectivity index (χ0) is 11.9. The molecule has 0 amide bonds. The van der Waals surface area contributed by atoms with Crippen molar-refractivity contribution in [3.8, 4) is 0 Å². The molecule has 16 heavy (non-hydrogen) atoms. The molecule has 0 aromatic heterocycles. The summed E-state index contributed by atoms with van der Waals surface area (Å²) in [6, 6.07) is 3.96. The monoisotopic (exact) mass is 242 g/mol. The molecule has 0 fully saturated rings. The third-order valence-corrected chi connectivity index (χ3v) is 4.36. The van der Waals surface area contributed by atoms with E-state index in [1.54, 1.807) is 0 Å². The first kappa shape index (κ1) is 11.3. The van der Waals surface area contributed by atoms with Gasteiger partial charge in [-0.15, -0.1) is 0 Å². The van der Waals surface area contributed by atoms with E-state index in [1.807, 2.05) is 0 Å². The molecule has 3 nitrogen and oxygen atoms in total. The van der Waals surface area contributed by atoms with E-state index < -0.39 is 21.8 Å². The van der Waals surface area contributed by atoms with Gasteiger partial charge in [0, 0.05) is 12.0 Å². The van der Waals surface area contributed by atoms with E-state index in [4.69, 9.17) is 0 Å². The zero-order valence-corrected chi connectivity index (χ0v) is 9.46. The highest BCUT2D eigenvalue weighted by atomic mass is 32.2. The Hall–Kier alpha value is -1.20. The lowest BCUT2D eigenvalue weighted by atomic mass is 10.1. The number of benzene rings is 1. The van der Waals surface area contributed by atoms with Crippen molar-refractivity contribution in [2.75, 3.05) is 0 Å². The summed E-state index contributed by atoms with van der Waals surface area (Å²) in [7, 11) is -3.60. The maximum atomic E-state index is 13.4. The number of halogens is 1. The molecular weight excluding hydrogens is 231 g/mol. The van der Waals surface area contributed by atoms with E-state index in [0.29, 0.717) is 0 Å². The van der Waals surface area contributed by atoms with Gasteiger partial charge in [-0.2, -0.15) is 0 Å². The van der Waals surface area contributed by atoms with Crippen LogP contribution < -0.4 is 0 Å². The topological polar surface area (TPSA) is 54.4 Å². The van der Waals surface area contributed by atoms with Crippen LogP contribution in [0, 0.1) is 5.82 Å². The molecule has 1 aromatic rings. The molecule has 1 atom stereocenters. The Morgan fingerprint density at radius 1 is 1.44 bits per heavy atom. The first-order valence-electron chi connectivity index (χ1n) is 4.85. The molecule has 1 N–H and O–H groups in total. The molecule has 0 saturated carbocycles. The molecule has 1 aromatic carbocycles. The summed E-state index contributed by atoms with van der Waals surface area (Å²) < 4.78 is 37.2. The second-order valence-corrected chi connectivity index (χ2v) is 5.79. The molecule has 1 unspecified atom stereocenters. The van der Waals surface area contributed by atoms with Crippen LogP contribution in [0.15, 0.2) is 28.0 Å². The molecule has 1 aliphatic rings. The van der Waals surface area contributed by atoms with E-state index in [0.717, 1.165) is 0 Å². The zero-order valence-electron chi connectivity index (χ0n) is 8.64. The van der Waals surface area contributed by atoms with Crippen LogP contribution in [-0.4, -0.2) is 19.6 Å². The quantitative estimate of drug-likeness (QED) is 0.859.